The highest BCUT2D eigenvalue weighted by atomic mass is 35.5. The van der Waals surface area contributed by atoms with Gasteiger partial charge in [0.1, 0.15) is 18.2 Å². The maximum Gasteiger partial charge on any atom is 0.119 e. The van der Waals surface area contributed by atoms with E-state index in [1.165, 1.54) is 16.6 Å². The number of halogens is 1. The molecule has 0 radical (unpaired) electrons. The van der Waals surface area contributed by atoms with E-state index in [4.69, 9.17) is 16.3 Å². The van der Waals surface area contributed by atoms with E-state index in [1.807, 2.05) is 31.2 Å². The fourth-order valence-electron chi connectivity index (χ4n) is 2.57. The van der Waals surface area contributed by atoms with Gasteiger partial charge in [-0.05, 0) is 68.3 Å². The van der Waals surface area contributed by atoms with Crippen LogP contribution in [0.4, 0.5) is 0 Å². The molecule has 22 heavy (non-hydrogen) atoms. The number of aromatic nitrogens is 2. The highest BCUT2D eigenvalue weighted by molar-refractivity contribution is 6.30. The zero-order valence-corrected chi connectivity index (χ0v) is 13.8. The second-order valence-corrected chi connectivity index (χ2v) is 5.97. The monoisotopic (exact) mass is 314 g/mol. The van der Waals surface area contributed by atoms with Crippen LogP contribution < -0.4 is 4.74 Å². The number of nitrogens with zero attached hydrogens (tertiary/aromatic N) is 2. The first kappa shape index (κ1) is 14.9. The van der Waals surface area contributed by atoms with Crippen LogP contribution in [0.2, 0.25) is 5.02 Å². The van der Waals surface area contributed by atoms with Crippen molar-refractivity contribution in [1.29, 1.82) is 0 Å². The van der Waals surface area contributed by atoms with Crippen LogP contribution in [0.15, 0.2) is 36.4 Å². The van der Waals surface area contributed by atoms with E-state index in [9.17, 15) is 0 Å². The number of benzene rings is 2. The van der Waals surface area contributed by atoms with Gasteiger partial charge in [-0.3, -0.25) is 0 Å². The van der Waals surface area contributed by atoms with E-state index in [0.717, 1.165) is 28.7 Å². The molecule has 3 aromatic rings. The standard InChI is InChI=1S/C18H19ClN2O/c1-12-10-17-18(11-13(12)2)21(14(3)20-17)8-9-22-16-6-4-15(19)5-7-16/h4-7,10-11H,8-9H2,1-3H3. The van der Waals surface area contributed by atoms with Crippen molar-refractivity contribution in [2.75, 3.05) is 6.61 Å². The summed E-state index contributed by atoms with van der Waals surface area (Å²) in [6, 6.07) is 11.8. The Bertz CT molecular complexity index is 806. The van der Waals surface area contributed by atoms with Crippen molar-refractivity contribution >= 4 is 22.6 Å². The Labute approximate surface area is 135 Å². The molecule has 0 atom stereocenters. The van der Waals surface area contributed by atoms with Gasteiger partial charge < -0.3 is 9.30 Å². The van der Waals surface area contributed by atoms with Crippen LogP contribution in [0.3, 0.4) is 0 Å². The molecule has 1 aromatic heterocycles. The maximum atomic E-state index is 5.87. The lowest BCUT2D eigenvalue weighted by Crippen LogP contribution is -2.09. The Morgan fingerprint density at radius 2 is 1.73 bits per heavy atom. The third-order valence-corrected chi connectivity index (χ3v) is 4.20. The molecule has 0 bridgehead atoms. The molecule has 0 saturated carbocycles. The molecule has 2 aromatic carbocycles. The predicted octanol–water partition coefficient (Wildman–Crippen LogP) is 4.69. The van der Waals surface area contributed by atoms with E-state index >= 15 is 0 Å². The summed E-state index contributed by atoms with van der Waals surface area (Å²) in [6.45, 7) is 7.65. The minimum absolute atomic E-state index is 0.598. The Kier molecular flexibility index (Phi) is 4.08. The van der Waals surface area contributed by atoms with Crippen molar-refractivity contribution in [2.45, 2.75) is 27.3 Å². The fraction of sp³-hybridized carbons (Fsp3) is 0.278. The Morgan fingerprint density at radius 3 is 2.45 bits per heavy atom. The normalized spacial score (nSPS) is 11.1. The van der Waals surface area contributed by atoms with Gasteiger partial charge in [-0.2, -0.15) is 0 Å². The highest BCUT2D eigenvalue weighted by Crippen LogP contribution is 2.21. The van der Waals surface area contributed by atoms with E-state index in [0.29, 0.717) is 6.61 Å². The molecule has 0 saturated heterocycles. The fourth-order valence-corrected chi connectivity index (χ4v) is 2.69. The summed E-state index contributed by atoms with van der Waals surface area (Å²) in [4.78, 5) is 4.64. The topological polar surface area (TPSA) is 27.1 Å². The summed E-state index contributed by atoms with van der Waals surface area (Å²) in [7, 11) is 0. The van der Waals surface area contributed by atoms with E-state index in [-0.39, 0.29) is 0 Å². The van der Waals surface area contributed by atoms with Gasteiger partial charge in [0.15, 0.2) is 0 Å². The SMILES string of the molecule is Cc1cc2nc(C)n(CCOc3ccc(Cl)cc3)c2cc1C. The smallest absolute Gasteiger partial charge is 0.119 e. The maximum absolute atomic E-state index is 5.87. The van der Waals surface area contributed by atoms with E-state index in [1.54, 1.807) is 0 Å². The van der Waals surface area contributed by atoms with E-state index < -0.39 is 0 Å². The number of fused-ring (bicyclic) bond motifs is 1. The molecule has 0 N–H and O–H groups in total. The van der Waals surface area contributed by atoms with Gasteiger partial charge in [-0.25, -0.2) is 4.98 Å². The molecular formula is C18H19ClN2O. The molecule has 0 aliphatic rings. The summed E-state index contributed by atoms with van der Waals surface area (Å²) in [5.41, 5.74) is 4.77. The molecule has 0 aliphatic heterocycles. The Hall–Kier alpha value is -2.00. The van der Waals surface area contributed by atoms with Crippen LogP contribution in [-0.2, 0) is 6.54 Å². The van der Waals surface area contributed by atoms with Crippen molar-refractivity contribution in [3.8, 4) is 5.75 Å². The average molecular weight is 315 g/mol. The number of hydrogen-bond acceptors (Lipinski definition) is 2. The van der Waals surface area contributed by atoms with Crippen molar-refractivity contribution in [1.82, 2.24) is 9.55 Å². The van der Waals surface area contributed by atoms with Gasteiger partial charge in [0.25, 0.3) is 0 Å². The first-order valence-electron chi connectivity index (χ1n) is 7.37. The molecule has 0 unspecified atom stereocenters. The zero-order valence-electron chi connectivity index (χ0n) is 13.1. The minimum Gasteiger partial charge on any atom is -0.492 e. The van der Waals surface area contributed by atoms with Crippen molar-refractivity contribution in [2.24, 2.45) is 0 Å². The van der Waals surface area contributed by atoms with Crippen LogP contribution in [0, 0.1) is 20.8 Å². The minimum atomic E-state index is 0.598. The number of imidazole rings is 1. The van der Waals surface area contributed by atoms with Gasteiger partial charge in [0.05, 0.1) is 17.6 Å². The molecule has 1 heterocycles. The third-order valence-electron chi connectivity index (χ3n) is 3.95. The molecule has 0 spiro atoms. The molecule has 114 valence electrons. The Morgan fingerprint density at radius 1 is 1.05 bits per heavy atom. The summed E-state index contributed by atoms with van der Waals surface area (Å²) >= 11 is 5.87. The van der Waals surface area contributed by atoms with Crippen molar-refractivity contribution < 1.29 is 4.74 Å². The van der Waals surface area contributed by atoms with Gasteiger partial charge >= 0.3 is 0 Å². The summed E-state index contributed by atoms with van der Waals surface area (Å²) < 4.78 is 7.99. The largest absolute Gasteiger partial charge is 0.492 e. The summed E-state index contributed by atoms with van der Waals surface area (Å²) in [5.74, 6) is 1.85. The van der Waals surface area contributed by atoms with Crippen molar-refractivity contribution in [3.05, 3.63) is 58.4 Å². The predicted molar refractivity (Wildman–Crippen MR) is 90.9 cm³/mol. The number of aryl methyl sites for hydroxylation is 3. The first-order valence-corrected chi connectivity index (χ1v) is 7.75. The second-order valence-electron chi connectivity index (χ2n) is 5.54. The molecule has 3 rings (SSSR count). The molecule has 0 amide bonds. The summed E-state index contributed by atoms with van der Waals surface area (Å²) in [6.07, 6.45) is 0. The van der Waals surface area contributed by atoms with E-state index in [2.05, 4.69) is 35.5 Å². The molecule has 0 fully saturated rings. The summed E-state index contributed by atoms with van der Waals surface area (Å²) in [5, 5.41) is 0.717. The van der Waals surface area contributed by atoms with Gasteiger partial charge in [0.2, 0.25) is 0 Å². The van der Waals surface area contributed by atoms with Crippen LogP contribution in [-0.4, -0.2) is 16.2 Å². The zero-order chi connectivity index (χ0) is 15.7. The first-order chi connectivity index (χ1) is 10.5. The number of ether oxygens (including phenoxy) is 1. The lowest BCUT2D eigenvalue weighted by atomic mass is 10.1. The van der Waals surface area contributed by atoms with Gasteiger partial charge in [-0.15, -0.1) is 0 Å². The van der Waals surface area contributed by atoms with Crippen molar-refractivity contribution in [3.63, 3.8) is 0 Å². The molecular weight excluding hydrogens is 296 g/mol. The Balaban J connectivity index is 1.77. The number of rotatable bonds is 4. The quantitative estimate of drug-likeness (QED) is 0.698. The van der Waals surface area contributed by atoms with Gasteiger partial charge in [-0.1, -0.05) is 11.6 Å². The van der Waals surface area contributed by atoms with Gasteiger partial charge in [0, 0.05) is 5.02 Å². The average Bonchev–Trinajstić information content (AvgIpc) is 2.77. The van der Waals surface area contributed by atoms with Crippen LogP contribution in [0.1, 0.15) is 17.0 Å². The van der Waals surface area contributed by atoms with Crippen LogP contribution >= 0.6 is 11.6 Å². The number of hydrogen-bond donors (Lipinski definition) is 0. The van der Waals surface area contributed by atoms with Crippen LogP contribution in [0.5, 0.6) is 5.75 Å². The molecule has 3 nitrogen and oxygen atoms in total. The third kappa shape index (κ3) is 2.95. The molecule has 4 heteroatoms. The highest BCUT2D eigenvalue weighted by Gasteiger charge is 2.09. The van der Waals surface area contributed by atoms with Crippen LogP contribution in [0.25, 0.3) is 11.0 Å². The second kappa shape index (κ2) is 6.01. The molecule has 0 aliphatic carbocycles. The lowest BCUT2D eigenvalue weighted by Gasteiger charge is -2.10. The lowest BCUT2D eigenvalue weighted by molar-refractivity contribution is 0.299.